The quantitative estimate of drug-likeness (QED) is 0.864. The summed E-state index contributed by atoms with van der Waals surface area (Å²) in [5.74, 6) is -1.90. The summed E-state index contributed by atoms with van der Waals surface area (Å²) in [5.41, 5.74) is 0.578. The molecule has 0 fully saturated rings. The Kier molecular flexibility index (Phi) is 4.12. The van der Waals surface area contributed by atoms with Crippen molar-refractivity contribution in [1.82, 2.24) is 0 Å². The molecule has 1 aromatic rings. The van der Waals surface area contributed by atoms with E-state index in [0.29, 0.717) is 16.2 Å². The monoisotopic (exact) mass is 293 g/mol. The summed E-state index contributed by atoms with van der Waals surface area (Å²) in [6, 6.07) is 6.86. The number of benzene rings is 1. The summed E-state index contributed by atoms with van der Waals surface area (Å²) in [7, 11) is 0. The molecule has 86 valence electrons. The van der Waals surface area contributed by atoms with Gasteiger partial charge in [-0.15, -0.1) is 0 Å². The molecule has 0 aliphatic rings. The number of ketones is 1. The molecule has 1 N–H and O–H groups in total. The number of anilines is 1. The van der Waals surface area contributed by atoms with Crippen molar-refractivity contribution in [2.75, 3.05) is 5.32 Å². The van der Waals surface area contributed by atoms with Gasteiger partial charge in [-0.25, -0.2) is 0 Å². The van der Waals surface area contributed by atoms with Crippen molar-refractivity contribution in [3.05, 3.63) is 41.0 Å². The Labute approximate surface area is 98.3 Å². The SMILES string of the molecule is O=C(/C=C\Nc1ccccc1Br)C(F)(F)F. The van der Waals surface area contributed by atoms with Gasteiger partial charge in [-0.3, -0.25) is 4.79 Å². The van der Waals surface area contributed by atoms with E-state index in [4.69, 9.17) is 0 Å². The van der Waals surface area contributed by atoms with Gasteiger partial charge in [0.05, 0.1) is 5.69 Å². The van der Waals surface area contributed by atoms with Gasteiger partial charge in [0.25, 0.3) is 5.78 Å². The van der Waals surface area contributed by atoms with E-state index in [1.165, 1.54) is 0 Å². The van der Waals surface area contributed by atoms with Crippen LogP contribution >= 0.6 is 15.9 Å². The largest absolute Gasteiger partial charge is 0.454 e. The van der Waals surface area contributed by atoms with E-state index in [9.17, 15) is 18.0 Å². The lowest BCUT2D eigenvalue weighted by Gasteiger charge is -2.03. The molecule has 0 unspecified atom stereocenters. The fourth-order valence-electron chi connectivity index (χ4n) is 0.880. The van der Waals surface area contributed by atoms with E-state index in [0.717, 1.165) is 6.20 Å². The zero-order chi connectivity index (χ0) is 12.2. The molecule has 0 saturated heterocycles. The van der Waals surface area contributed by atoms with Crippen molar-refractivity contribution in [1.29, 1.82) is 0 Å². The van der Waals surface area contributed by atoms with Gasteiger partial charge in [0.2, 0.25) is 0 Å². The Hall–Kier alpha value is -1.30. The number of rotatable bonds is 3. The molecule has 1 aromatic carbocycles. The second kappa shape index (κ2) is 5.16. The number of para-hydroxylation sites is 1. The third-order valence-electron chi connectivity index (χ3n) is 1.63. The zero-order valence-corrected chi connectivity index (χ0v) is 9.47. The average Bonchev–Trinajstić information content (AvgIpc) is 2.19. The van der Waals surface area contributed by atoms with Crippen LogP contribution in [0.25, 0.3) is 0 Å². The highest BCUT2D eigenvalue weighted by atomic mass is 79.9. The normalized spacial score (nSPS) is 11.8. The lowest BCUT2D eigenvalue weighted by atomic mass is 10.3. The van der Waals surface area contributed by atoms with Crippen LogP contribution in [-0.4, -0.2) is 12.0 Å². The molecule has 16 heavy (non-hydrogen) atoms. The van der Waals surface area contributed by atoms with E-state index >= 15 is 0 Å². The van der Waals surface area contributed by atoms with E-state index in [1.807, 2.05) is 0 Å². The van der Waals surface area contributed by atoms with E-state index in [-0.39, 0.29) is 0 Å². The molecule has 0 heterocycles. The standard InChI is InChI=1S/C10H7BrF3NO/c11-7-3-1-2-4-8(7)15-6-5-9(16)10(12,13)14/h1-6,15H/b6-5-. The van der Waals surface area contributed by atoms with E-state index < -0.39 is 12.0 Å². The van der Waals surface area contributed by atoms with Gasteiger partial charge in [-0.2, -0.15) is 13.2 Å². The third kappa shape index (κ3) is 3.69. The number of alkyl halides is 3. The first-order chi connectivity index (χ1) is 7.41. The first-order valence-corrected chi connectivity index (χ1v) is 4.99. The van der Waals surface area contributed by atoms with Crippen LogP contribution in [0, 0.1) is 0 Å². The van der Waals surface area contributed by atoms with Gasteiger partial charge in [0.1, 0.15) is 0 Å². The number of allylic oxidation sites excluding steroid dienone is 1. The van der Waals surface area contributed by atoms with E-state index in [1.54, 1.807) is 24.3 Å². The average molecular weight is 294 g/mol. The molecule has 2 nitrogen and oxygen atoms in total. The molecule has 0 aliphatic carbocycles. The fraction of sp³-hybridized carbons (Fsp3) is 0.100. The summed E-state index contributed by atoms with van der Waals surface area (Å²) in [5, 5.41) is 2.57. The Morgan fingerprint density at radius 2 is 1.94 bits per heavy atom. The predicted octanol–water partition coefficient (Wildman–Crippen LogP) is 3.51. The molecule has 0 aliphatic heterocycles. The second-order valence-electron chi connectivity index (χ2n) is 2.82. The molecule has 0 atom stereocenters. The van der Waals surface area contributed by atoms with Gasteiger partial charge < -0.3 is 5.32 Å². The Balaban J connectivity index is 2.62. The molecular formula is C10H7BrF3NO. The van der Waals surface area contributed by atoms with Gasteiger partial charge in [0.15, 0.2) is 0 Å². The number of carbonyl (C=O) groups is 1. The van der Waals surface area contributed by atoms with Gasteiger partial charge in [-0.05, 0) is 28.1 Å². The van der Waals surface area contributed by atoms with Crippen LogP contribution in [-0.2, 0) is 4.79 Å². The Morgan fingerprint density at radius 1 is 1.31 bits per heavy atom. The minimum atomic E-state index is -4.83. The van der Waals surface area contributed by atoms with Crippen molar-refractivity contribution in [3.8, 4) is 0 Å². The maximum absolute atomic E-state index is 11.8. The second-order valence-corrected chi connectivity index (χ2v) is 3.67. The highest BCUT2D eigenvalue weighted by Crippen LogP contribution is 2.21. The summed E-state index contributed by atoms with van der Waals surface area (Å²) < 4.78 is 36.1. The summed E-state index contributed by atoms with van der Waals surface area (Å²) in [6.45, 7) is 0. The van der Waals surface area contributed by atoms with Crippen LogP contribution in [0.1, 0.15) is 0 Å². The zero-order valence-electron chi connectivity index (χ0n) is 7.88. The van der Waals surface area contributed by atoms with Crippen molar-refractivity contribution in [3.63, 3.8) is 0 Å². The first-order valence-electron chi connectivity index (χ1n) is 4.20. The molecule has 0 saturated carbocycles. The maximum Gasteiger partial charge on any atom is 0.454 e. The molecule has 0 bridgehead atoms. The van der Waals surface area contributed by atoms with Gasteiger partial charge >= 0.3 is 6.18 Å². The molecule has 0 amide bonds. The smallest absolute Gasteiger partial charge is 0.361 e. The highest BCUT2D eigenvalue weighted by Gasteiger charge is 2.35. The van der Waals surface area contributed by atoms with Crippen LogP contribution < -0.4 is 5.32 Å². The number of carbonyl (C=O) groups excluding carboxylic acids is 1. The van der Waals surface area contributed by atoms with E-state index in [2.05, 4.69) is 21.2 Å². The molecule has 0 spiro atoms. The Morgan fingerprint density at radius 3 is 2.50 bits per heavy atom. The van der Waals surface area contributed by atoms with Crippen LogP contribution in [0.4, 0.5) is 18.9 Å². The number of hydrogen-bond donors (Lipinski definition) is 1. The molecule has 0 radical (unpaired) electrons. The molecular weight excluding hydrogens is 287 g/mol. The van der Waals surface area contributed by atoms with Crippen LogP contribution in [0.5, 0.6) is 0 Å². The lowest BCUT2D eigenvalue weighted by Crippen LogP contribution is -2.20. The summed E-state index contributed by atoms with van der Waals surface area (Å²) in [4.78, 5) is 10.5. The minimum Gasteiger partial charge on any atom is -0.361 e. The highest BCUT2D eigenvalue weighted by molar-refractivity contribution is 9.10. The predicted molar refractivity (Wildman–Crippen MR) is 58.0 cm³/mol. The van der Waals surface area contributed by atoms with Crippen LogP contribution in [0.15, 0.2) is 41.0 Å². The Bertz CT molecular complexity index is 415. The van der Waals surface area contributed by atoms with Crippen molar-refractivity contribution in [2.45, 2.75) is 6.18 Å². The number of hydrogen-bond acceptors (Lipinski definition) is 2. The van der Waals surface area contributed by atoms with Gasteiger partial charge in [0, 0.05) is 16.7 Å². The van der Waals surface area contributed by atoms with Crippen LogP contribution in [0.3, 0.4) is 0 Å². The maximum atomic E-state index is 11.8. The van der Waals surface area contributed by atoms with Crippen molar-refractivity contribution >= 4 is 27.4 Å². The molecule has 0 aromatic heterocycles. The summed E-state index contributed by atoms with van der Waals surface area (Å²) in [6.07, 6.45) is -3.43. The third-order valence-corrected chi connectivity index (χ3v) is 2.32. The van der Waals surface area contributed by atoms with Crippen molar-refractivity contribution < 1.29 is 18.0 Å². The first kappa shape index (κ1) is 12.8. The molecule has 1 rings (SSSR count). The number of nitrogens with one attached hydrogen (secondary N) is 1. The minimum absolute atomic E-state index is 0.444. The topological polar surface area (TPSA) is 29.1 Å². The number of halogens is 4. The molecule has 6 heteroatoms. The van der Waals surface area contributed by atoms with Gasteiger partial charge in [-0.1, -0.05) is 12.1 Å². The van der Waals surface area contributed by atoms with Crippen LogP contribution in [0.2, 0.25) is 0 Å². The summed E-state index contributed by atoms with van der Waals surface area (Å²) >= 11 is 3.20. The lowest BCUT2D eigenvalue weighted by molar-refractivity contribution is -0.165. The van der Waals surface area contributed by atoms with Crippen molar-refractivity contribution in [2.24, 2.45) is 0 Å². The fourth-order valence-corrected chi connectivity index (χ4v) is 1.28.